The van der Waals surface area contributed by atoms with Gasteiger partial charge in [0.05, 0.1) is 16.8 Å². The van der Waals surface area contributed by atoms with Gasteiger partial charge in [0.1, 0.15) is 23.6 Å². The average Bonchev–Trinajstić information content (AvgIpc) is 3.24. The lowest BCUT2D eigenvalue weighted by atomic mass is 10.1. The van der Waals surface area contributed by atoms with Crippen molar-refractivity contribution in [2.24, 2.45) is 0 Å². The predicted molar refractivity (Wildman–Crippen MR) is 157 cm³/mol. The summed E-state index contributed by atoms with van der Waals surface area (Å²) in [6.45, 7) is 5.51. The molecular weight excluding hydrogens is 582 g/mol. The zero-order valence-corrected chi connectivity index (χ0v) is 25.2. The van der Waals surface area contributed by atoms with Crippen molar-refractivity contribution in [1.29, 1.82) is 0 Å². The second-order valence-electron chi connectivity index (χ2n) is 10.8. The smallest absolute Gasteiger partial charge is 0.424 e. The first-order valence-corrected chi connectivity index (χ1v) is 15.0. The zero-order chi connectivity index (χ0) is 30.7. The standard InChI is InChI=1S/C30H32ClN3O7S/c1-20-16-22-12-8-9-13-25(22)34(20)32-28(36)23-14-15-24(31)26(17-23)42(38,39)33(29(37)41-30(2,3)4)18-27(35)40-19-21-10-6-5-7-11-21/h5-15,17,20H,16,18-19H2,1-4H3,(H,32,36). The molecule has 0 aliphatic carbocycles. The Labute approximate surface area is 250 Å². The Kier molecular flexibility index (Phi) is 9.12. The molecule has 4 rings (SSSR count). The number of fused-ring (bicyclic) bond motifs is 1. The monoisotopic (exact) mass is 613 g/mol. The lowest BCUT2D eigenvalue weighted by Crippen LogP contribution is -2.46. The fourth-order valence-electron chi connectivity index (χ4n) is 4.33. The number of hydrazine groups is 1. The van der Waals surface area contributed by atoms with Gasteiger partial charge in [0.25, 0.3) is 15.9 Å². The molecule has 0 saturated carbocycles. The van der Waals surface area contributed by atoms with E-state index in [9.17, 15) is 22.8 Å². The molecule has 10 nitrogen and oxygen atoms in total. The summed E-state index contributed by atoms with van der Waals surface area (Å²) < 4.78 is 38.4. The van der Waals surface area contributed by atoms with E-state index in [0.717, 1.165) is 23.7 Å². The van der Waals surface area contributed by atoms with Crippen LogP contribution in [0.1, 0.15) is 49.2 Å². The number of carbonyl (C=O) groups is 3. The Morgan fingerprint density at radius 3 is 2.38 bits per heavy atom. The maximum Gasteiger partial charge on any atom is 0.424 e. The van der Waals surface area contributed by atoms with E-state index in [-0.39, 0.29) is 27.5 Å². The fourth-order valence-corrected chi connectivity index (χ4v) is 6.08. The van der Waals surface area contributed by atoms with Crippen molar-refractivity contribution >= 4 is 45.3 Å². The van der Waals surface area contributed by atoms with Crippen LogP contribution in [0.4, 0.5) is 10.5 Å². The van der Waals surface area contributed by atoms with Crippen LogP contribution in [0.25, 0.3) is 0 Å². The number of halogens is 1. The van der Waals surface area contributed by atoms with Gasteiger partial charge in [0.15, 0.2) is 0 Å². The average molecular weight is 614 g/mol. The van der Waals surface area contributed by atoms with Gasteiger partial charge in [-0.05, 0) is 69.5 Å². The molecule has 0 aromatic heterocycles. The minimum atomic E-state index is -4.79. The number of anilines is 1. The van der Waals surface area contributed by atoms with E-state index in [0.29, 0.717) is 5.56 Å². The number of nitrogens with zero attached hydrogens (tertiary/aromatic N) is 2. The number of hydrogen-bond donors (Lipinski definition) is 1. The zero-order valence-electron chi connectivity index (χ0n) is 23.7. The summed E-state index contributed by atoms with van der Waals surface area (Å²) >= 11 is 6.29. The van der Waals surface area contributed by atoms with Gasteiger partial charge in [-0.25, -0.2) is 13.2 Å². The van der Waals surface area contributed by atoms with Crippen molar-refractivity contribution in [3.63, 3.8) is 0 Å². The van der Waals surface area contributed by atoms with E-state index in [4.69, 9.17) is 21.1 Å². The molecule has 222 valence electrons. The van der Waals surface area contributed by atoms with E-state index in [1.807, 2.05) is 31.2 Å². The fraction of sp³-hybridized carbons (Fsp3) is 0.300. The molecule has 0 bridgehead atoms. The van der Waals surface area contributed by atoms with Gasteiger partial charge in [-0.3, -0.25) is 20.0 Å². The van der Waals surface area contributed by atoms with Crippen LogP contribution in [0.3, 0.4) is 0 Å². The summed E-state index contributed by atoms with van der Waals surface area (Å²) in [6, 6.07) is 20.0. The first kappa shape index (κ1) is 30.9. The highest BCUT2D eigenvalue weighted by molar-refractivity contribution is 7.89. The van der Waals surface area contributed by atoms with Crippen molar-refractivity contribution in [3.8, 4) is 0 Å². The lowest BCUT2D eigenvalue weighted by Gasteiger charge is -2.27. The van der Waals surface area contributed by atoms with Gasteiger partial charge in [-0.1, -0.05) is 60.1 Å². The quantitative estimate of drug-likeness (QED) is 0.348. The number of nitrogens with one attached hydrogen (secondary N) is 1. The largest absolute Gasteiger partial charge is 0.459 e. The molecule has 1 heterocycles. The minimum absolute atomic E-state index is 0.0228. The Hall–Kier alpha value is -4.09. The molecular formula is C30H32ClN3O7S. The third kappa shape index (κ3) is 7.21. The lowest BCUT2D eigenvalue weighted by molar-refractivity contribution is -0.145. The molecule has 0 spiro atoms. The maximum atomic E-state index is 13.8. The summed E-state index contributed by atoms with van der Waals surface area (Å²) in [4.78, 5) is 38.5. The van der Waals surface area contributed by atoms with Crippen molar-refractivity contribution in [3.05, 3.63) is 94.5 Å². The highest BCUT2D eigenvalue weighted by atomic mass is 35.5. The van der Waals surface area contributed by atoms with Gasteiger partial charge in [0, 0.05) is 5.56 Å². The molecule has 1 aliphatic rings. The number of carbonyl (C=O) groups excluding carboxylic acids is 3. The van der Waals surface area contributed by atoms with Crippen LogP contribution in [0.5, 0.6) is 0 Å². The molecule has 1 atom stereocenters. The number of rotatable bonds is 8. The SMILES string of the molecule is CC1Cc2ccccc2N1NC(=O)c1ccc(Cl)c(S(=O)(=O)N(CC(=O)OCc2ccccc2)C(=O)OC(C)(C)C)c1. The van der Waals surface area contributed by atoms with Crippen molar-refractivity contribution in [2.75, 3.05) is 11.6 Å². The molecule has 3 aromatic carbocycles. The summed E-state index contributed by atoms with van der Waals surface area (Å²) in [7, 11) is -4.79. The molecule has 0 fully saturated rings. The number of ether oxygens (including phenoxy) is 2. The van der Waals surface area contributed by atoms with E-state index >= 15 is 0 Å². The van der Waals surface area contributed by atoms with Crippen LogP contribution >= 0.6 is 11.6 Å². The Morgan fingerprint density at radius 1 is 1.02 bits per heavy atom. The highest BCUT2D eigenvalue weighted by Crippen LogP contribution is 2.31. The van der Waals surface area contributed by atoms with Crippen LogP contribution in [0.15, 0.2) is 77.7 Å². The topological polar surface area (TPSA) is 122 Å². The van der Waals surface area contributed by atoms with Crippen LogP contribution in [0.2, 0.25) is 5.02 Å². The van der Waals surface area contributed by atoms with E-state index in [2.05, 4.69) is 5.43 Å². The number of para-hydroxylation sites is 1. The second-order valence-corrected chi connectivity index (χ2v) is 13.0. The van der Waals surface area contributed by atoms with E-state index < -0.39 is 45.0 Å². The Morgan fingerprint density at radius 2 is 1.69 bits per heavy atom. The molecule has 0 radical (unpaired) electrons. The molecule has 42 heavy (non-hydrogen) atoms. The molecule has 1 aliphatic heterocycles. The Bertz CT molecular complexity index is 1590. The molecule has 0 saturated heterocycles. The predicted octanol–water partition coefficient (Wildman–Crippen LogP) is 5.11. The third-order valence-electron chi connectivity index (χ3n) is 6.30. The van der Waals surface area contributed by atoms with Gasteiger partial charge in [0.2, 0.25) is 0 Å². The first-order valence-electron chi connectivity index (χ1n) is 13.2. The number of benzene rings is 3. The van der Waals surface area contributed by atoms with Gasteiger partial charge >= 0.3 is 12.1 Å². The second kappa shape index (κ2) is 12.4. The maximum absolute atomic E-state index is 13.8. The van der Waals surface area contributed by atoms with Crippen LogP contribution < -0.4 is 10.4 Å². The third-order valence-corrected chi connectivity index (χ3v) is 8.50. The van der Waals surface area contributed by atoms with Gasteiger partial charge in [-0.15, -0.1) is 0 Å². The number of hydrogen-bond acceptors (Lipinski definition) is 8. The Balaban J connectivity index is 1.60. The minimum Gasteiger partial charge on any atom is -0.459 e. The van der Waals surface area contributed by atoms with Crippen molar-refractivity contribution in [1.82, 2.24) is 9.73 Å². The van der Waals surface area contributed by atoms with Crippen molar-refractivity contribution < 1.29 is 32.3 Å². The first-order chi connectivity index (χ1) is 19.8. The van der Waals surface area contributed by atoms with E-state index in [1.165, 1.54) is 12.1 Å². The highest BCUT2D eigenvalue weighted by Gasteiger charge is 2.37. The van der Waals surface area contributed by atoms with Gasteiger partial charge < -0.3 is 9.47 Å². The van der Waals surface area contributed by atoms with Crippen LogP contribution in [-0.4, -0.2) is 48.9 Å². The van der Waals surface area contributed by atoms with Gasteiger partial charge in [-0.2, -0.15) is 4.31 Å². The normalized spacial score (nSPS) is 14.6. The molecule has 2 amide bonds. The molecule has 3 aromatic rings. The summed E-state index contributed by atoms with van der Waals surface area (Å²) in [5, 5.41) is 1.47. The van der Waals surface area contributed by atoms with Crippen molar-refractivity contribution in [2.45, 2.75) is 57.3 Å². The molecule has 1 unspecified atom stereocenters. The number of sulfonamides is 1. The summed E-state index contributed by atoms with van der Waals surface area (Å²) in [6.07, 6.45) is -0.574. The number of esters is 1. The molecule has 1 N–H and O–H groups in total. The summed E-state index contributed by atoms with van der Waals surface area (Å²) in [5.74, 6) is -1.57. The van der Waals surface area contributed by atoms with Crippen LogP contribution in [0, 0.1) is 0 Å². The number of amides is 2. The van der Waals surface area contributed by atoms with Crippen LogP contribution in [-0.2, 0) is 37.3 Å². The summed E-state index contributed by atoms with van der Waals surface area (Å²) in [5.41, 5.74) is 4.30. The molecule has 12 heteroatoms. The van der Waals surface area contributed by atoms with E-state index in [1.54, 1.807) is 56.1 Å².